The van der Waals surface area contributed by atoms with Crippen molar-refractivity contribution >= 4 is 17.9 Å². The molecule has 1 aromatic rings. The number of aromatic nitrogens is 1. The highest BCUT2D eigenvalue weighted by atomic mass is 35.5. The van der Waals surface area contributed by atoms with E-state index in [2.05, 4.69) is 4.98 Å². The molecule has 0 N–H and O–H groups in total. The molecular weight excluding hydrogens is 198 g/mol. The smallest absolute Gasteiger partial charge is 0.152 e. The first kappa shape index (κ1) is 9.66. The van der Waals surface area contributed by atoms with E-state index in [1.807, 2.05) is 6.20 Å². The topological polar surface area (TPSA) is 30.0 Å². The predicted octanol–water partition coefficient (Wildman–Crippen LogP) is 2.51. The molecule has 0 fully saturated rings. The van der Waals surface area contributed by atoms with Crippen LogP contribution in [0.4, 0.5) is 0 Å². The SMILES string of the molecule is O=Cc1c(CCl)ncc2c1CCCC2. The number of halogens is 1. The van der Waals surface area contributed by atoms with Crippen LogP contribution in [0.5, 0.6) is 0 Å². The molecule has 1 heterocycles. The third kappa shape index (κ3) is 1.55. The van der Waals surface area contributed by atoms with Gasteiger partial charge in [-0.05, 0) is 36.8 Å². The molecule has 0 unspecified atom stereocenters. The first-order chi connectivity index (χ1) is 6.86. The van der Waals surface area contributed by atoms with Crippen molar-refractivity contribution in [2.24, 2.45) is 0 Å². The van der Waals surface area contributed by atoms with E-state index in [0.717, 1.165) is 30.4 Å². The molecule has 1 aromatic heterocycles. The van der Waals surface area contributed by atoms with Crippen molar-refractivity contribution in [2.45, 2.75) is 31.6 Å². The van der Waals surface area contributed by atoms with Crippen LogP contribution in [-0.4, -0.2) is 11.3 Å². The molecule has 0 radical (unpaired) electrons. The summed E-state index contributed by atoms with van der Waals surface area (Å²) in [6, 6.07) is 0. The molecule has 0 amide bonds. The summed E-state index contributed by atoms with van der Waals surface area (Å²) >= 11 is 5.73. The van der Waals surface area contributed by atoms with Crippen LogP contribution in [0.25, 0.3) is 0 Å². The van der Waals surface area contributed by atoms with Gasteiger partial charge in [-0.25, -0.2) is 0 Å². The van der Waals surface area contributed by atoms with Crippen molar-refractivity contribution < 1.29 is 4.79 Å². The number of carbonyl (C=O) groups is 1. The first-order valence-electron chi connectivity index (χ1n) is 4.87. The highest BCUT2D eigenvalue weighted by Gasteiger charge is 2.16. The van der Waals surface area contributed by atoms with Crippen molar-refractivity contribution in [1.82, 2.24) is 4.98 Å². The Kier molecular flexibility index (Phi) is 2.82. The summed E-state index contributed by atoms with van der Waals surface area (Å²) in [6.07, 6.45) is 7.18. The molecule has 0 aliphatic heterocycles. The second kappa shape index (κ2) is 4.09. The van der Waals surface area contributed by atoms with Crippen LogP contribution >= 0.6 is 11.6 Å². The lowest BCUT2D eigenvalue weighted by Crippen LogP contribution is -2.10. The summed E-state index contributed by atoms with van der Waals surface area (Å²) in [7, 11) is 0. The molecule has 2 nitrogen and oxygen atoms in total. The van der Waals surface area contributed by atoms with Crippen LogP contribution < -0.4 is 0 Å². The zero-order valence-corrected chi connectivity index (χ0v) is 8.68. The molecule has 0 saturated heterocycles. The number of aldehydes is 1. The van der Waals surface area contributed by atoms with Gasteiger partial charge in [-0.3, -0.25) is 9.78 Å². The van der Waals surface area contributed by atoms with E-state index in [0.29, 0.717) is 5.88 Å². The van der Waals surface area contributed by atoms with Gasteiger partial charge in [0.1, 0.15) is 0 Å². The maximum atomic E-state index is 11.0. The molecule has 3 heteroatoms. The lowest BCUT2D eigenvalue weighted by Gasteiger charge is -2.18. The van der Waals surface area contributed by atoms with E-state index in [9.17, 15) is 4.79 Å². The molecule has 2 rings (SSSR count). The molecule has 0 bridgehead atoms. The normalized spacial score (nSPS) is 14.9. The van der Waals surface area contributed by atoms with Crippen molar-refractivity contribution in [3.8, 4) is 0 Å². The fourth-order valence-corrected chi connectivity index (χ4v) is 2.24. The van der Waals surface area contributed by atoms with E-state index in [1.165, 1.54) is 24.0 Å². The number of hydrogen-bond donors (Lipinski definition) is 0. The van der Waals surface area contributed by atoms with E-state index in [-0.39, 0.29) is 0 Å². The molecule has 0 spiro atoms. The third-order valence-electron chi connectivity index (χ3n) is 2.77. The summed E-state index contributed by atoms with van der Waals surface area (Å²) < 4.78 is 0. The van der Waals surface area contributed by atoms with Crippen molar-refractivity contribution in [1.29, 1.82) is 0 Å². The van der Waals surface area contributed by atoms with E-state index < -0.39 is 0 Å². The Labute approximate surface area is 88.3 Å². The van der Waals surface area contributed by atoms with E-state index >= 15 is 0 Å². The minimum absolute atomic E-state index is 0.321. The number of fused-ring (bicyclic) bond motifs is 1. The Hall–Kier alpha value is -0.890. The summed E-state index contributed by atoms with van der Waals surface area (Å²) in [5.41, 5.74) is 3.86. The molecular formula is C11H12ClNO. The maximum absolute atomic E-state index is 11.0. The van der Waals surface area contributed by atoms with Gasteiger partial charge >= 0.3 is 0 Å². The zero-order chi connectivity index (χ0) is 9.97. The predicted molar refractivity (Wildman–Crippen MR) is 55.8 cm³/mol. The van der Waals surface area contributed by atoms with Crippen LogP contribution in [-0.2, 0) is 18.7 Å². The zero-order valence-electron chi connectivity index (χ0n) is 7.92. The van der Waals surface area contributed by atoms with Crippen LogP contribution in [0.15, 0.2) is 6.20 Å². The first-order valence-corrected chi connectivity index (χ1v) is 5.41. The number of hydrogen-bond acceptors (Lipinski definition) is 2. The standard InChI is InChI=1S/C11H12ClNO/c12-5-11-10(7-14)9-4-2-1-3-8(9)6-13-11/h6-7H,1-5H2. The summed E-state index contributed by atoms with van der Waals surface area (Å²) in [4.78, 5) is 15.2. The second-order valence-corrected chi connectivity index (χ2v) is 3.85. The third-order valence-corrected chi connectivity index (χ3v) is 3.02. The number of nitrogens with zero attached hydrogens (tertiary/aromatic N) is 1. The Bertz CT molecular complexity index is 363. The number of alkyl halides is 1. The van der Waals surface area contributed by atoms with E-state index in [4.69, 9.17) is 11.6 Å². The molecule has 0 aromatic carbocycles. The Balaban J connectivity index is 2.55. The lowest BCUT2D eigenvalue weighted by molar-refractivity contribution is 0.112. The Morgan fingerprint density at radius 3 is 2.93 bits per heavy atom. The quantitative estimate of drug-likeness (QED) is 0.554. The fraction of sp³-hybridized carbons (Fsp3) is 0.455. The van der Waals surface area contributed by atoms with Gasteiger partial charge < -0.3 is 0 Å². The van der Waals surface area contributed by atoms with Gasteiger partial charge in [0.2, 0.25) is 0 Å². The molecule has 0 atom stereocenters. The van der Waals surface area contributed by atoms with Crippen LogP contribution in [0.1, 0.15) is 40.0 Å². The number of rotatable bonds is 2. The van der Waals surface area contributed by atoms with Gasteiger partial charge in [-0.2, -0.15) is 0 Å². The summed E-state index contributed by atoms with van der Waals surface area (Å²) in [5, 5.41) is 0. The molecule has 74 valence electrons. The average Bonchev–Trinajstić information content (AvgIpc) is 2.27. The van der Waals surface area contributed by atoms with Crippen LogP contribution in [0, 0.1) is 0 Å². The second-order valence-electron chi connectivity index (χ2n) is 3.58. The van der Waals surface area contributed by atoms with Gasteiger partial charge in [0, 0.05) is 11.8 Å². The van der Waals surface area contributed by atoms with Crippen LogP contribution in [0.2, 0.25) is 0 Å². The number of aryl methyl sites for hydroxylation is 1. The summed E-state index contributed by atoms with van der Waals surface area (Å²) in [6.45, 7) is 0. The highest BCUT2D eigenvalue weighted by Crippen LogP contribution is 2.25. The van der Waals surface area contributed by atoms with Crippen molar-refractivity contribution in [3.05, 3.63) is 28.6 Å². The van der Waals surface area contributed by atoms with Gasteiger partial charge in [-0.15, -0.1) is 11.6 Å². The van der Waals surface area contributed by atoms with Crippen LogP contribution in [0.3, 0.4) is 0 Å². The van der Waals surface area contributed by atoms with E-state index in [1.54, 1.807) is 0 Å². The maximum Gasteiger partial charge on any atom is 0.152 e. The van der Waals surface area contributed by atoms with Gasteiger partial charge in [0.05, 0.1) is 11.6 Å². The Morgan fingerprint density at radius 1 is 1.43 bits per heavy atom. The minimum atomic E-state index is 0.321. The van der Waals surface area contributed by atoms with Gasteiger partial charge in [0.25, 0.3) is 0 Å². The highest BCUT2D eigenvalue weighted by molar-refractivity contribution is 6.17. The number of pyridine rings is 1. The Morgan fingerprint density at radius 2 is 2.21 bits per heavy atom. The molecule has 14 heavy (non-hydrogen) atoms. The van der Waals surface area contributed by atoms with Gasteiger partial charge in [-0.1, -0.05) is 0 Å². The lowest BCUT2D eigenvalue weighted by atomic mass is 9.89. The fourth-order valence-electron chi connectivity index (χ4n) is 2.02. The summed E-state index contributed by atoms with van der Waals surface area (Å²) in [5.74, 6) is 0.321. The minimum Gasteiger partial charge on any atom is -0.298 e. The monoisotopic (exact) mass is 209 g/mol. The largest absolute Gasteiger partial charge is 0.298 e. The average molecular weight is 210 g/mol. The molecule has 0 saturated carbocycles. The molecule has 1 aliphatic carbocycles. The number of carbonyl (C=O) groups excluding carboxylic acids is 1. The van der Waals surface area contributed by atoms with Gasteiger partial charge in [0.15, 0.2) is 6.29 Å². The molecule has 1 aliphatic rings. The van der Waals surface area contributed by atoms with Crippen molar-refractivity contribution in [2.75, 3.05) is 0 Å². The van der Waals surface area contributed by atoms with Crippen molar-refractivity contribution in [3.63, 3.8) is 0 Å².